The quantitative estimate of drug-likeness (QED) is 0.624. The van der Waals surface area contributed by atoms with Gasteiger partial charge < -0.3 is 10.6 Å². The lowest BCUT2D eigenvalue weighted by atomic mass is 9.98. The van der Waals surface area contributed by atoms with Crippen LogP contribution in [0.25, 0.3) is 0 Å². The van der Waals surface area contributed by atoms with Crippen LogP contribution in [0.3, 0.4) is 0 Å². The molecule has 0 spiro atoms. The van der Waals surface area contributed by atoms with Crippen molar-refractivity contribution in [1.82, 2.24) is 10.6 Å². The molecule has 0 aromatic carbocycles. The fourth-order valence-electron chi connectivity index (χ4n) is 1.35. The SMILES string of the molecule is CNCNC1=C(C)CCC(C)=C1. The van der Waals surface area contributed by atoms with Gasteiger partial charge in [0.2, 0.25) is 0 Å². The maximum Gasteiger partial charge on any atom is 0.0650 e. The summed E-state index contributed by atoms with van der Waals surface area (Å²) in [5.74, 6) is 0. The van der Waals surface area contributed by atoms with E-state index < -0.39 is 0 Å². The van der Waals surface area contributed by atoms with E-state index in [1.807, 2.05) is 7.05 Å². The number of rotatable bonds is 3. The van der Waals surface area contributed by atoms with E-state index in [0.717, 1.165) is 6.67 Å². The van der Waals surface area contributed by atoms with Gasteiger partial charge in [-0.25, -0.2) is 0 Å². The Morgan fingerprint density at radius 1 is 1.33 bits per heavy atom. The molecule has 0 saturated heterocycles. The van der Waals surface area contributed by atoms with E-state index >= 15 is 0 Å². The molecule has 2 heteroatoms. The first-order valence-corrected chi connectivity index (χ1v) is 4.49. The van der Waals surface area contributed by atoms with Gasteiger partial charge in [0, 0.05) is 5.70 Å². The maximum atomic E-state index is 3.34. The molecule has 0 heterocycles. The molecular weight excluding hydrogens is 148 g/mol. The van der Waals surface area contributed by atoms with Gasteiger partial charge >= 0.3 is 0 Å². The smallest absolute Gasteiger partial charge is 0.0650 e. The van der Waals surface area contributed by atoms with Crippen LogP contribution in [0.2, 0.25) is 0 Å². The molecule has 0 radical (unpaired) electrons. The lowest BCUT2D eigenvalue weighted by Crippen LogP contribution is -2.26. The molecule has 0 saturated carbocycles. The van der Waals surface area contributed by atoms with Crippen LogP contribution in [0.1, 0.15) is 26.7 Å². The molecular formula is C10H18N2. The van der Waals surface area contributed by atoms with E-state index in [-0.39, 0.29) is 0 Å². The second-order valence-corrected chi connectivity index (χ2v) is 3.39. The molecule has 1 aliphatic carbocycles. The molecule has 2 N–H and O–H groups in total. The summed E-state index contributed by atoms with van der Waals surface area (Å²) in [7, 11) is 1.95. The summed E-state index contributed by atoms with van der Waals surface area (Å²) in [4.78, 5) is 0. The van der Waals surface area contributed by atoms with Crippen LogP contribution in [-0.4, -0.2) is 13.7 Å². The van der Waals surface area contributed by atoms with Gasteiger partial charge in [0.05, 0.1) is 6.67 Å². The number of hydrogen-bond donors (Lipinski definition) is 2. The normalized spacial score (nSPS) is 17.8. The Labute approximate surface area is 74.7 Å². The van der Waals surface area contributed by atoms with Crippen LogP contribution in [-0.2, 0) is 0 Å². The molecule has 0 bridgehead atoms. The average molecular weight is 166 g/mol. The summed E-state index contributed by atoms with van der Waals surface area (Å²) in [6, 6.07) is 0. The third kappa shape index (κ3) is 2.38. The zero-order chi connectivity index (χ0) is 8.97. The Hall–Kier alpha value is -0.760. The van der Waals surface area contributed by atoms with Gasteiger partial charge in [-0.1, -0.05) is 5.57 Å². The van der Waals surface area contributed by atoms with Gasteiger partial charge in [0.1, 0.15) is 0 Å². The number of nitrogens with one attached hydrogen (secondary N) is 2. The zero-order valence-corrected chi connectivity index (χ0v) is 8.20. The summed E-state index contributed by atoms with van der Waals surface area (Å²) in [5.41, 5.74) is 4.24. The van der Waals surface area contributed by atoms with Crippen molar-refractivity contribution in [3.63, 3.8) is 0 Å². The van der Waals surface area contributed by atoms with Crippen molar-refractivity contribution in [3.8, 4) is 0 Å². The van der Waals surface area contributed by atoms with Crippen molar-refractivity contribution in [2.75, 3.05) is 13.7 Å². The molecule has 1 rings (SSSR count). The minimum atomic E-state index is 0.844. The second kappa shape index (κ2) is 4.31. The Bertz CT molecular complexity index is 214. The third-order valence-electron chi connectivity index (χ3n) is 2.20. The highest BCUT2D eigenvalue weighted by molar-refractivity contribution is 5.30. The largest absolute Gasteiger partial charge is 0.373 e. The van der Waals surface area contributed by atoms with Crippen molar-refractivity contribution < 1.29 is 0 Å². The predicted molar refractivity (Wildman–Crippen MR) is 52.8 cm³/mol. The average Bonchev–Trinajstić information content (AvgIpc) is 2.07. The summed E-state index contributed by atoms with van der Waals surface area (Å²) in [6.07, 6.45) is 4.67. The fraction of sp³-hybridized carbons (Fsp3) is 0.600. The lowest BCUT2D eigenvalue weighted by Gasteiger charge is -2.17. The van der Waals surface area contributed by atoms with Gasteiger partial charge in [0.15, 0.2) is 0 Å². The molecule has 0 amide bonds. The zero-order valence-electron chi connectivity index (χ0n) is 8.20. The molecule has 0 fully saturated rings. The van der Waals surface area contributed by atoms with Crippen LogP contribution in [0.5, 0.6) is 0 Å². The molecule has 1 aliphatic rings. The van der Waals surface area contributed by atoms with Crippen molar-refractivity contribution in [1.29, 1.82) is 0 Å². The first kappa shape index (κ1) is 9.33. The van der Waals surface area contributed by atoms with E-state index in [1.165, 1.54) is 29.7 Å². The summed E-state index contributed by atoms with van der Waals surface area (Å²) in [5, 5.41) is 6.42. The van der Waals surface area contributed by atoms with Gasteiger partial charge in [-0.05, 0) is 45.4 Å². The standard InChI is InChI=1S/C10H18N2/c1-8-4-5-9(2)10(6-8)12-7-11-3/h6,11-12H,4-5,7H2,1-3H3. The van der Waals surface area contributed by atoms with Crippen molar-refractivity contribution in [2.45, 2.75) is 26.7 Å². The first-order chi connectivity index (χ1) is 5.74. The molecule has 0 aromatic rings. The Balaban J connectivity index is 2.59. The molecule has 0 aliphatic heterocycles. The Morgan fingerprint density at radius 3 is 2.75 bits per heavy atom. The minimum Gasteiger partial charge on any atom is -0.373 e. The highest BCUT2D eigenvalue weighted by atomic mass is 15.0. The van der Waals surface area contributed by atoms with E-state index in [9.17, 15) is 0 Å². The third-order valence-corrected chi connectivity index (χ3v) is 2.20. The van der Waals surface area contributed by atoms with Crippen LogP contribution in [0.15, 0.2) is 22.9 Å². The lowest BCUT2D eigenvalue weighted by molar-refractivity contribution is 0.698. The van der Waals surface area contributed by atoms with Gasteiger partial charge in [0.25, 0.3) is 0 Å². The van der Waals surface area contributed by atoms with Crippen LogP contribution in [0, 0.1) is 0 Å². The maximum absolute atomic E-state index is 3.34. The molecule has 0 unspecified atom stereocenters. The van der Waals surface area contributed by atoms with Crippen LogP contribution in [0.4, 0.5) is 0 Å². The fourth-order valence-corrected chi connectivity index (χ4v) is 1.35. The van der Waals surface area contributed by atoms with E-state index in [0.29, 0.717) is 0 Å². The summed E-state index contributed by atoms with van der Waals surface area (Å²) < 4.78 is 0. The second-order valence-electron chi connectivity index (χ2n) is 3.39. The topological polar surface area (TPSA) is 24.1 Å². The number of allylic oxidation sites excluding steroid dienone is 3. The van der Waals surface area contributed by atoms with E-state index in [4.69, 9.17) is 0 Å². The molecule has 68 valence electrons. The van der Waals surface area contributed by atoms with Crippen molar-refractivity contribution >= 4 is 0 Å². The highest BCUT2D eigenvalue weighted by Crippen LogP contribution is 2.21. The van der Waals surface area contributed by atoms with E-state index in [1.54, 1.807) is 0 Å². The van der Waals surface area contributed by atoms with Gasteiger partial charge in [-0.15, -0.1) is 0 Å². The predicted octanol–water partition coefficient (Wildman–Crippen LogP) is 1.77. The van der Waals surface area contributed by atoms with Crippen molar-refractivity contribution in [3.05, 3.63) is 22.9 Å². The Kier molecular flexibility index (Phi) is 3.35. The van der Waals surface area contributed by atoms with Crippen LogP contribution < -0.4 is 10.6 Å². The highest BCUT2D eigenvalue weighted by Gasteiger charge is 2.05. The molecule has 0 atom stereocenters. The summed E-state index contributed by atoms with van der Waals surface area (Å²) in [6.45, 7) is 5.23. The Morgan fingerprint density at radius 2 is 2.08 bits per heavy atom. The minimum absolute atomic E-state index is 0.844. The van der Waals surface area contributed by atoms with E-state index in [2.05, 4.69) is 30.6 Å². The monoisotopic (exact) mass is 166 g/mol. The van der Waals surface area contributed by atoms with Crippen LogP contribution >= 0.6 is 0 Å². The van der Waals surface area contributed by atoms with Gasteiger partial charge in [-0.3, -0.25) is 0 Å². The molecule has 12 heavy (non-hydrogen) atoms. The van der Waals surface area contributed by atoms with Crippen molar-refractivity contribution in [2.24, 2.45) is 0 Å². The summed E-state index contributed by atoms with van der Waals surface area (Å²) >= 11 is 0. The molecule has 2 nitrogen and oxygen atoms in total. The van der Waals surface area contributed by atoms with Gasteiger partial charge in [-0.2, -0.15) is 0 Å². The number of hydrogen-bond acceptors (Lipinski definition) is 2. The first-order valence-electron chi connectivity index (χ1n) is 4.49. The molecule has 0 aromatic heterocycles.